The summed E-state index contributed by atoms with van der Waals surface area (Å²) >= 11 is 3.21. The van der Waals surface area contributed by atoms with Gasteiger partial charge < -0.3 is 9.73 Å². The minimum absolute atomic E-state index is 0.231. The Morgan fingerprint density at radius 2 is 2.32 bits per heavy atom. The van der Waals surface area contributed by atoms with E-state index in [1.165, 1.54) is 4.31 Å². The van der Waals surface area contributed by atoms with E-state index in [-0.39, 0.29) is 4.90 Å². The minimum Gasteiger partial charge on any atom is -0.452 e. The smallest absolute Gasteiger partial charge is 0.247 e. The van der Waals surface area contributed by atoms with Gasteiger partial charge in [0, 0.05) is 19.2 Å². The molecule has 0 radical (unpaired) electrons. The van der Waals surface area contributed by atoms with Crippen LogP contribution < -0.4 is 5.32 Å². The average molecular weight is 351 g/mol. The molecule has 0 saturated carbocycles. The standard InChI is InChI=1S/C12H19BrN2O3S/c1-3-14-7-10-6-11(12(13)18-10)19(16,17)15-5-4-9(2)8-15/h6,9,14H,3-5,7-8H2,1-2H3. The van der Waals surface area contributed by atoms with Crippen LogP contribution in [0.25, 0.3) is 0 Å². The Bertz CT molecular complexity index is 541. The van der Waals surface area contributed by atoms with Crippen LogP contribution in [0.4, 0.5) is 0 Å². The van der Waals surface area contributed by atoms with Crippen molar-refractivity contribution in [3.05, 3.63) is 16.5 Å². The third kappa shape index (κ3) is 3.21. The first kappa shape index (κ1) is 15.0. The number of furan rings is 1. The molecule has 0 spiro atoms. The molecular weight excluding hydrogens is 332 g/mol. The Hall–Kier alpha value is -0.370. The van der Waals surface area contributed by atoms with Crippen LogP contribution in [0, 0.1) is 5.92 Å². The second kappa shape index (κ2) is 5.95. The SMILES string of the molecule is CCNCc1cc(S(=O)(=O)N2CCC(C)C2)c(Br)o1. The lowest BCUT2D eigenvalue weighted by Gasteiger charge is -2.14. The summed E-state index contributed by atoms with van der Waals surface area (Å²) in [5.41, 5.74) is 0. The van der Waals surface area contributed by atoms with Crippen LogP contribution in [-0.2, 0) is 16.6 Å². The van der Waals surface area contributed by atoms with Gasteiger partial charge in [0.15, 0.2) is 4.67 Å². The maximum Gasteiger partial charge on any atom is 0.247 e. The Labute approximate surface area is 122 Å². The molecular formula is C12H19BrN2O3S. The number of hydrogen-bond donors (Lipinski definition) is 1. The summed E-state index contributed by atoms with van der Waals surface area (Å²) in [5, 5.41) is 3.11. The molecule has 1 aromatic rings. The summed E-state index contributed by atoms with van der Waals surface area (Å²) in [4.78, 5) is 0.231. The lowest BCUT2D eigenvalue weighted by atomic mass is 10.2. The van der Waals surface area contributed by atoms with Gasteiger partial charge in [-0.2, -0.15) is 4.31 Å². The first-order valence-corrected chi connectivity index (χ1v) is 8.67. The second-order valence-corrected chi connectivity index (χ2v) is 7.51. The normalized spacial score (nSPS) is 21.1. The molecule has 19 heavy (non-hydrogen) atoms. The maximum atomic E-state index is 12.5. The van der Waals surface area contributed by atoms with Crippen molar-refractivity contribution in [1.29, 1.82) is 0 Å². The van der Waals surface area contributed by atoms with Crippen molar-refractivity contribution in [1.82, 2.24) is 9.62 Å². The summed E-state index contributed by atoms with van der Waals surface area (Å²) in [6.07, 6.45) is 0.916. The Kier molecular flexibility index (Phi) is 4.70. The molecule has 108 valence electrons. The molecule has 2 heterocycles. The molecule has 1 atom stereocenters. The predicted molar refractivity (Wildman–Crippen MR) is 76.3 cm³/mol. The van der Waals surface area contributed by atoms with E-state index in [1.54, 1.807) is 6.07 Å². The number of hydrogen-bond acceptors (Lipinski definition) is 4. The lowest BCUT2D eigenvalue weighted by molar-refractivity contribution is 0.451. The molecule has 0 bridgehead atoms. The topological polar surface area (TPSA) is 62.6 Å². The van der Waals surface area contributed by atoms with Crippen molar-refractivity contribution in [2.24, 2.45) is 5.92 Å². The monoisotopic (exact) mass is 350 g/mol. The van der Waals surface area contributed by atoms with Crippen molar-refractivity contribution in [2.75, 3.05) is 19.6 Å². The molecule has 1 fully saturated rings. The highest BCUT2D eigenvalue weighted by atomic mass is 79.9. The third-order valence-corrected chi connectivity index (χ3v) is 5.98. The van der Waals surface area contributed by atoms with Gasteiger partial charge in [-0.3, -0.25) is 0 Å². The molecule has 1 N–H and O–H groups in total. The molecule has 0 aromatic carbocycles. The summed E-state index contributed by atoms with van der Waals surface area (Å²) in [6.45, 7) is 6.56. The van der Waals surface area contributed by atoms with Gasteiger partial charge in [-0.15, -0.1) is 0 Å². The number of halogens is 1. The van der Waals surface area contributed by atoms with E-state index in [0.29, 0.717) is 36.0 Å². The minimum atomic E-state index is -3.44. The zero-order valence-electron chi connectivity index (χ0n) is 11.1. The predicted octanol–water partition coefficient (Wildman–Crippen LogP) is 2.18. The summed E-state index contributed by atoms with van der Waals surface area (Å²) < 4.78 is 32.3. The van der Waals surface area contributed by atoms with Gasteiger partial charge in [-0.25, -0.2) is 8.42 Å². The van der Waals surface area contributed by atoms with Gasteiger partial charge in [0.2, 0.25) is 10.0 Å². The van der Waals surface area contributed by atoms with Crippen LogP contribution in [0.3, 0.4) is 0 Å². The summed E-state index contributed by atoms with van der Waals surface area (Å²) in [6, 6.07) is 1.60. The van der Waals surface area contributed by atoms with Gasteiger partial charge in [-0.05, 0) is 34.8 Å². The molecule has 0 amide bonds. The van der Waals surface area contributed by atoms with Gasteiger partial charge in [0.25, 0.3) is 0 Å². The van der Waals surface area contributed by atoms with Crippen molar-refractivity contribution in [2.45, 2.75) is 31.7 Å². The molecule has 1 aliphatic rings. The van der Waals surface area contributed by atoms with Gasteiger partial charge in [0.05, 0.1) is 6.54 Å². The van der Waals surface area contributed by atoms with Gasteiger partial charge >= 0.3 is 0 Å². The number of rotatable bonds is 5. The molecule has 1 aliphatic heterocycles. The average Bonchev–Trinajstić information content (AvgIpc) is 2.93. The van der Waals surface area contributed by atoms with E-state index < -0.39 is 10.0 Å². The first-order chi connectivity index (χ1) is 8.95. The van der Waals surface area contributed by atoms with E-state index in [2.05, 4.69) is 28.2 Å². The van der Waals surface area contributed by atoms with Crippen LogP contribution in [0.2, 0.25) is 0 Å². The van der Waals surface area contributed by atoms with E-state index in [9.17, 15) is 8.42 Å². The van der Waals surface area contributed by atoms with E-state index in [1.807, 2.05) is 6.92 Å². The lowest BCUT2D eigenvalue weighted by Crippen LogP contribution is -2.28. The first-order valence-electron chi connectivity index (χ1n) is 6.44. The van der Waals surface area contributed by atoms with E-state index in [0.717, 1.165) is 13.0 Å². The van der Waals surface area contributed by atoms with Crippen molar-refractivity contribution in [3.8, 4) is 0 Å². The third-order valence-electron chi connectivity index (χ3n) is 3.26. The van der Waals surface area contributed by atoms with Crippen LogP contribution in [0.5, 0.6) is 0 Å². The molecule has 1 unspecified atom stereocenters. The van der Waals surface area contributed by atoms with Crippen LogP contribution in [-0.4, -0.2) is 32.4 Å². The zero-order valence-corrected chi connectivity index (χ0v) is 13.6. The molecule has 1 saturated heterocycles. The molecule has 5 nitrogen and oxygen atoms in total. The fourth-order valence-corrected chi connectivity index (χ4v) is 4.70. The molecule has 0 aliphatic carbocycles. The van der Waals surface area contributed by atoms with E-state index >= 15 is 0 Å². The van der Waals surface area contributed by atoms with E-state index in [4.69, 9.17) is 4.42 Å². The van der Waals surface area contributed by atoms with Crippen molar-refractivity contribution in [3.63, 3.8) is 0 Å². The zero-order chi connectivity index (χ0) is 14.0. The number of sulfonamides is 1. The fraction of sp³-hybridized carbons (Fsp3) is 0.667. The Morgan fingerprint density at radius 1 is 1.58 bits per heavy atom. The molecule has 2 rings (SSSR count). The highest BCUT2D eigenvalue weighted by molar-refractivity contribution is 9.10. The summed E-state index contributed by atoms with van der Waals surface area (Å²) in [7, 11) is -3.44. The number of nitrogens with one attached hydrogen (secondary N) is 1. The highest BCUT2D eigenvalue weighted by Gasteiger charge is 2.33. The van der Waals surface area contributed by atoms with Crippen LogP contribution in [0.1, 0.15) is 26.0 Å². The molecule has 1 aromatic heterocycles. The van der Waals surface area contributed by atoms with Gasteiger partial charge in [-0.1, -0.05) is 13.8 Å². The summed E-state index contributed by atoms with van der Waals surface area (Å²) in [5.74, 6) is 1.04. The Balaban J connectivity index is 2.23. The second-order valence-electron chi connectivity index (χ2n) is 4.89. The largest absolute Gasteiger partial charge is 0.452 e. The quantitative estimate of drug-likeness (QED) is 0.883. The van der Waals surface area contributed by atoms with Crippen molar-refractivity contribution >= 4 is 26.0 Å². The highest BCUT2D eigenvalue weighted by Crippen LogP contribution is 2.31. The van der Waals surface area contributed by atoms with Crippen molar-refractivity contribution < 1.29 is 12.8 Å². The molecule has 7 heteroatoms. The maximum absolute atomic E-state index is 12.5. The number of nitrogens with zero attached hydrogens (tertiary/aromatic N) is 1. The fourth-order valence-electron chi connectivity index (χ4n) is 2.16. The Morgan fingerprint density at radius 3 is 2.89 bits per heavy atom. The van der Waals surface area contributed by atoms with Crippen LogP contribution in [0.15, 0.2) is 20.0 Å². The van der Waals surface area contributed by atoms with Crippen LogP contribution >= 0.6 is 15.9 Å². The van der Waals surface area contributed by atoms with Gasteiger partial charge in [0.1, 0.15) is 10.7 Å².